The first-order chi connectivity index (χ1) is 14.4. The van der Waals surface area contributed by atoms with Crippen LogP contribution in [-0.2, 0) is 20.9 Å². The lowest BCUT2D eigenvalue weighted by molar-refractivity contribution is -0.124. The predicted octanol–water partition coefficient (Wildman–Crippen LogP) is 2.32. The lowest BCUT2D eigenvalue weighted by Gasteiger charge is -2.29. The van der Waals surface area contributed by atoms with E-state index in [9.17, 15) is 14.9 Å². The van der Waals surface area contributed by atoms with Gasteiger partial charge in [0.25, 0.3) is 0 Å². The summed E-state index contributed by atoms with van der Waals surface area (Å²) in [6.07, 6.45) is 0.464. The Morgan fingerprint density at radius 3 is 2.50 bits per heavy atom. The van der Waals surface area contributed by atoms with Crippen LogP contribution in [0.1, 0.15) is 25.8 Å². The van der Waals surface area contributed by atoms with Crippen molar-refractivity contribution in [3.8, 4) is 6.07 Å². The predicted molar refractivity (Wildman–Crippen MR) is 113 cm³/mol. The van der Waals surface area contributed by atoms with E-state index in [1.807, 2.05) is 32.0 Å². The first kappa shape index (κ1) is 23.9. The van der Waals surface area contributed by atoms with Crippen molar-refractivity contribution >= 4 is 23.5 Å². The molecule has 2 N–H and O–H groups in total. The number of carbonyl (C=O) groups is 2. The fraction of sp³-hybridized carbons (Fsp3) is 0.571. The largest absolute Gasteiger partial charge is 0.378 e. The van der Waals surface area contributed by atoms with Gasteiger partial charge in [-0.1, -0.05) is 37.6 Å². The number of hydrogen-bond donors (Lipinski definition) is 2. The fourth-order valence-electron chi connectivity index (χ4n) is 2.97. The van der Waals surface area contributed by atoms with Crippen molar-refractivity contribution in [2.75, 3.05) is 32.9 Å². The normalized spacial score (nSPS) is 15.9. The molecule has 1 saturated heterocycles. The molecular weight excluding hydrogens is 408 g/mol. The molecule has 0 radical (unpaired) electrons. The summed E-state index contributed by atoms with van der Waals surface area (Å²) >= 11 is 5.86. The zero-order chi connectivity index (χ0) is 21.9. The highest BCUT2D eigenvalue weighted by atomic mass is 35.5. The Labute approximate surface area is 182 Å². The molecule has 1 heterocycles. The fourth-order valence-corrected chi connectivity index (χ4v) is 3.09. The number of nitrogens with one attached hydrogen (secondary N) is 2. The van der Waals surface area contributed by atoms with Crippen LogP contribution in [0, 0.1) is 17.2 Å². The molecule has 8 nitrogen and oxygen atoms in total. The van der Waals surface area contributed by atoms with E-state index >= 15 is 0 Å². The Kier molecular flexibility index (Phi) is 9.87. The number of rotatable bonds is 9. The molecular formula is C21H29ClN4O4. The van der Waals surface area contributed by atoms with E-state index in [2.05, 4.69) is 10.6 Å². The van der Waals surface area contributed by atoms with Crippen molar-refractivity contribution < 1.29 is 19.1 Å². The SMILES string of the molecule is CC(C)C[C@H](NC(=O)N1CCOCC1)C(=O)NC(C#N)COCc1ccc(Cl)cc1. The summed E-state index contributed by atoms with van der Waals surface area (Å²) in [7, 11) is 0. The molecule has 9 heteroatoms. The van der Waals surface area contributed by atoms with E-state index in [0.29, 0.717) is 44.4 Å². The van der Waals surface area contributed by atoms with Gasteiger partial charge in [-0.15, -0.1) is 0 Å². The zero-order valence-corrected chi connectivity index (χ0v) is 18.2. The number of halogens is 1. The third-order valence-corrected chi connectivity index (χ3v) is 4.81. The van der Waals surface area contributed by atoms with Crippen LogP contribution in [-0.4, -0.2) is 61.8 Å². The topological polar surface area (TPSA) is 104 Å². The number of nitriles is 1. The molecule has 164 valence electrons. The van der Waals surface area contributed by atoms with Gasteiger partial charge in [0, 0.05) is 18.1 Å². The summed E-state index contributed by atoms with van der Waals surface area (Å²) in [4.78, 5) is 26.9. The number of carbonyl (C=O) groups excluding carboxylic acids is 2. The molecule has 2 atom stereocenters. The van der Waals surface area contributed by atoms with Crippen molar-refractivity contribution in [2.24, 2.45) is 5.92 Å². The van der Waals surface area contributed by atoms with E-state index in [-0.39, 0.29) is 18.6 Å². The molecule has 0 aliphatic carbocycles. The summed E-state index contributed by atoms with van der Waals surface area (Å²) in [5.74, 6) is -0.209. The third kappa shape index (κ3) is 8.19. The molecule has 30 heavy (non-hydrogen) atoms. The van der Waals surface area contributed by atoms with E-state index in [1.165, 1.54) is 0 Å². The first-order valence-corrected chi connectivity index (χ1v) is 10.4. The van der Waals surface area contributed by atoms with Crippen LogP contribution >= 0.6 is 11.6 Å². The van der Waals surface area contributed by atoms with Gasteiger partial charge in [-0.05, 0) is 30.0 Å². The lowest BCUT2D eigenvalue weighted by atomic mass is 10.0. The molecule has 1 aromatic carbocycles. The highest BCUT2D eigenvalue weighted by Gasteiger charge is 2.27. The summed E-state index contributed by atoms with van der Waals surface area (Å²) in [6.45, 7) is 6.22. The van der Waals surface area contributed by atoms with Gasteiger partial charge in [-0.2, -0.15) is 5.26 Å². The van der Waals surface area contributed by atoms with Gasteiger partial charge in [0.15, 0.2) is 0 Å². The number of morpholine rings is 1. The number of ether oxygens (including phenoxy) is 2. The van der Waals surface area contributed by atoms with Crippen LogP contribution in [0.2, 0.25) is 5.02 Å². The van der Waals surface area contributed by atoms with Crippen LogP contribution in [0.4, 0.5) is 4.79 Å². The quantitative estimate of drug-likeness (QED) is 0.618. The molecule has 0 aromatic heterocycles. The minimum atomic E-state index is -0.820. The monoisotopic (exact) mass is 436 g/mol. The minimum absolute atomic E-state index is 0.0384. The van der Waals surface area contributed by atoms with Crippen molar-refractivity contribution in [2.45, 2.75) is 39.0 Å². The van der Waals surface area contributed by atoms with Gasteiger partial charge >= 0.3 is 6.03 Å². The number of amides is 3. The number of nitrogens with zero attached hydrogens (tertiary/aromatic N) is 2. The van der Waals surface area contributed by atoms with Gasteiger partial charge in [-0.25, -0.2) is 4.79 Å². The Morgan fingerprint density at radius 1 is 1.23 bits per heavy atom. The Balaban J connectivity index is 1.87. The summed E-state index contributed by atoms with van der Waals surface area (Å²) in [5.41, 5.74) is 0.915. The minimum Gasteiger partial charge on any atom is -0.378 e. The molecule has 1 aliphatic rings. The van der Waals surface area contributed by atoms with Crippen LogP contribution in [0.25, 0.3) is 0 Å². The van der Waals surface area contributed by atoms with E-state index in [1.54, 1.807) is 17.0 Å². The van der Waals surface area contributed by atoms with Gasteiger partial charge in [0.05, 0.1) is 32.5 Å². The maximum Gasteiger partial charge on any atom is 0.318 e. The average molecular weight is 437 g/mol. The third-order valence-electron chi connectivity index (χ3n) is 4.56. The van der Waals surface area contributed by atoms with E-state index < -0.39 is 18.0 Å². The molecule has 3 amide bonds. The Morgan fingerprint density at radius 2 is 1.90 bits per heavy atom. The second-order valence-corrected chi connectivity index (χ2v) is 8.00. The van der Waals surface area contributed by atoms with Gasteiger partial charge in [0.2, 0.25) is 5.91 Å². The van der Waals surface area contributed by atoms with Gasteiger partial charge in [-0.3, -0.25) is 4.79 Å². The van der Waals surface area contributed by atoms with E-state index in [0.717, 1.165) is 5.56 Å². The smallest absolute Gasteiger partial charge is 0.318 e. The Hall–Kier alpha value is -2.34. The van der Waals surface area contributed by atoms with Crippen LogP contribution in [0.15, 0.2) is 24.3 Å². The molecule has 1 aliphatic heterocycles. The molecule has 1 unspecified atom stereocenters. The number of hydrogen-bond acceptors (Lipinski definition) is 5. The lowest BCUT2D eigenvalue weighted by Crippen LogP contribution is -2.55. The number of benzene rings is 1. The second kappa shape index (κ2) is 12.4. The maximum atomic E-state index is 12.7. The van der Waals surface area contributed by atoms with Crippen molar-refractivity contribution in [3.05, 3.63) is 34.9 Å². The van der Waals surface area contributed by atoms with Gasteiger partial charge in [0.1, 0.15) is 12.1 Å². The van der Waals surface area contributed by atoms with E-state index in [4.69, 9.17) is 21.1 Å². The van der Waals surface area contributed by atoms with Crippen LogP contribution in [0.5, 0.6) is 0 Å². The molecule has 0 saturated carbocycles. The highest BCUT2D eigenvalue weighted by Crippen LogP contribution is 2.11. The van der Waals surface area contributed by atoms with Crippen molar-refractivity contribution in [1.82, 2.24) is 15.5 Å². The second-order valence-electron chi connectivity index (χ2n) is 7.56. The molecule has 0 spiro atoms. The Bertz CT molecular complexity index is 730. The van der Waals surface area contributed by atoms with Crippen LogP contribution in [0.3, 0.4) is 0 Å². The average Bonchev–Trinajstić information content (AvgIpc) is 2.74. The highest BCUT2D eigenvalue weighted by molar-refractivity contribution is 6.30. The van der Waals surface area contributed by atoms with Gasteiger partial charge < -0.3 is 25.0 Å². The molecule has 2 rings (SSSR count). The zero-order valence-electron chi connectivity index (χ0n) is 17.4. The number of urea groups is 1. The summed E-state index contributed by atoms with van der Waals surface area (Å²) < 4.78 is 10.8. The molecule has 1 aromatic rings. The molecule has 1 fully saturated rings. The maximum absolute atomic E-state index is 12.7. The van der Waals surface area contributed by atoms with Crippen LogP contribution < -0.4 is 10.6 Å². The van der Waals surface area contributed by atoms with Crippen molar-refractivity contribution in [3.63, 3.8) is 0 Å². The molecule has 0 bridgehead atoms. The standard InChI is InChI=1S/C21H29ClN4O4/c1-15(2)11-19(25-21(28)26-7-9-29-10-8-26)20(27)24-18(12-23)14-30-13-16-3-5-17(22)6-4-16/h3-6,15,18-19H,7-11,13-14H2,1-2H3,(H,24,27)(H,25,28)/t18?,19-/m0/s1. The van der Waals surface area contributed by atoms with Crippen molar-refractivity contribution in [1.29, 1.82) is 5.26 Å². The first-order valence-electron chi connectivity index (χ1n) is 10.0. The summed E-state index contributed by atoms with van der Waals surface area (Å²) in [5, 5.41) is 15.5. The summed E-state index contributed by atoms with van der Waals surface area (Å²) in [6, 6.07) is 7.38.